The molecule has 1 atom stereocenters. The molecule has 0 fully saturated rings. The van der Waals surface area contributed by atoms with Crippen molar-refractivity contribution in [2.75, 3.05) is 6.61 Å². The van der Waals surface area contributed by atoms with E-state index in [4.69, 9.17) is 4.74 Å². The van der Waals surface area contributed by atoms with Crippen LogP contribution in [0.15, 0.2) is 51.4 Å². The van der Waals surface area contributed by atoms with E-state index in [-0.39, 0.29) is 0 Å². The zero-order chi connectivity index (χ0) is 15.9. The van der Waals surface area contributed by atoms with Crippen molar-refractivity contribution in [2.45, 2.75) is 32.9 Å². The van der Waals surface area contributed by atoms with E-state index in [9.17, 15) is 0 Å². The molecule has 0 aliphatic heterocycles. The maximum atomic E-state index is 5.75. The first-order valence-electron chi connectivity index (χ1n) is 7.51. The van der Waals surface area contributed by atoms with Crippen LogP contribution in [0, 0.1) is 0 Å². The number of ether oxygens (including phenoxy) is 1. The molecule has 118 valence electrons. The highest BCUT2D eigenvalue weighted by Gasteiger charge is 2.10. The fourth-order valence-corrected chi connectivity index (χ4v) is 3.70. The van der Waals surface area contributed by atoms with E-state index in [0.29, 0.717) is 6.04 Å². The van der Waals surface area contributed by atoms with Gasteiger partial charge in [0.15, 0.2) is 0 Å². The monoisotopic (exact) mass is 425 g/mol. The molecule has 2 rings (SSSR count). The van der Waals surface area contributed by atoms with Gasteiger partial charge >= 0.3 is 0 Å². The Balaban J connectivity index is 2.01. The summed E-state index contributed by atoms with van der Waals surface area (Å²) in [4.78, 5) is 0. The van der Waals surface area contributed by atoms with E-state index in [1.54, 1.807) is 0 Å². The first-order valence-corrected chi connectivity index (χ1v) is 9.09. The van der Waals surface area contributed by atoms with Crippen LogP contribution in [-0.4, -0.2) is 6.61 Å². The molecular formula is C18H21Br2NO. The fraction of sp³-hybridized carbons (Fsp3) is 0.333. The molecule has 0 aliphatic carbocycles. The van der Waals surface area contributed by atoms with Gasteiger partial charge in [-0.3, -0.25) is 0 Å². The highest BCUT2D eigenvalue weighted by atomic mass is 79.9. The van der Waals surface area contributed by atoms with Crippen molar-refractivity contribution >= 4 is 31.9 Å². The average molecular weight is 427 g/mol. The lowest BCUT2D eigenvalue weighted by Gasteiger charge is -2.16. The second kappa shape index (κ2) is 8.70. The van der Waals surface area contributed by atoms with Crippen molar-refractivity contribution in [1.82, 2.24) is 5.32 Å². The summed E-state index contributed by atoms with van der Waals surface area (Å²) in [5.41, 5.74) is 2.51. The molecule has 0 saturated heterocycles. The van der Waals surface area contributed by atoms with E-state index in [2.05, 4.69) is 87.4 Å². The highest BCUT2D eigenvalue weighted by molar-refractivity contribution is 9.11. The van der Waals surface area contributed by atoms with E-state index >= 15 is 0 Å². The molecule has 0 spiro atoms. The van der Waals surface area contributed by atoms with Gasteiger partial charge in [0, 0.05) is 12.6 Å². The van der Waals surface area contributed by atoms with E-state index in [1.807, 2.05) is 6.07 Å². The lowest BCUT2D eigenvalue weighted by molar-refractivity contribution is 0.313. The standard InChI is InChI=1S/C18H21Br2NO/c1-3-9-22-18-16(19)10-14(11-17(18)20)12-21-13(2)15-7-5-4-6-8-15/h4-8,10-11,13,21H,3,9,12H2,1-2H3/t13-/m1/s1. The van der Waals surface area contributed by atoms with E-state index in [1.165, 1.54) is 11.1 Å². The molecule has 0 saturated carbocycles. The Morgan fingerprint density at radius 2 is 1.73 bits per heavy atom. The number of rotatable bonds is 7. The number of hydrogen-bond acceptors (Lipinski definition) is 2. The largest absolute Gasteiger partial charge is 0.491 e. The summed E-state index contributed by atoms with van der Waals surface area (Å²) in [6, 6.07) is 15.0. The van der Waals surface area contributed by atoms with E-state index < -0.39 is 0 Å². The summed E-state index contributed by atoms with van der Waals surface area (Å²) in [6.45, 7) is 5.81. The van der Waals surface area contributed by atoms with Crippen LogP contribution < -0.4 is 10.1 Å². The molecule has 0 amide bonds. The summed E-state index contributed by atoms with van der Waals surface area (Å²) in [7, 11) is 0. The number of halogens is 2. The van der Waals surface area contributed by atoms with Crippen molar-refractivity contribution in [3.8, 4) is 5.75 Å². The van der Waals surface area contributed by atoms with Crippen LogP contribution in [0.5, 0.6) is 5.75 Å². The first-order chi connectivity index (χ1) is 10.6. The molecule has 2 nitrogen and oxygen atoms in total. The van der Waals surface area contributed by atoms with Crippen LogP contribution in [0.25, 0.3) is 0 Å². The lowest BCUT2D eigenvalue weighted by Crippen LogP contribution is -2.18. The number of hydrogen-bond donors (Lipinski definition) is 1. The maximum Gasteiger partial charge on any atom is 0.147 e. The molecular weight excluding hydrogens is 406 g/mol. The molecule has 0 heterocycles. The third kappa shape index (κ3) is 4.83. The summed E-state index contributed by atoms with van der Waals surface area (Å²) >= 11 is 7.19. The van der Waals surface area contributed by atoms with Crippen LogP contribution in [0.3, 0.4) is 0 Å². The van der Waals surface area contributed by atoms with Crippen LogP contribution in [-0.2, 0) is 6.54 Å². The van der Waals surface area contributed by atoms with Crippen LogP contribution in [0.1, 0.15) is 37.4 Å². The SMILES string of the molecule is CCCOc1c(Br)cc(CN[C@H](C)c2ccccc2)cc1Br. The molecule has 0 radical (unpaired) electrons. The van der Waals surface area contributed by atoms with Crippen molar-refractivity contribution in [3.05, 3.63) is 62.5 Å². The molecule has 0 aliphatic rings. The minimum atomic E-state index is 0.315. The van der Waals surface area contributed by atoms with Gasteiger partial charge < -0.3 is 10.1 Å². The Labute approximate surface area is 149 Å². The topological polar surface area (TPSA) is 21.3 Å². The van der Waals surface area contributed by atoms with Crippen LogP contribution >= 0.6 is 31.9 Å². The Hall–Kier alpha value is -0.840. The Morgan fingerprint density at radius 1 is 1.09 bits per heavy atom. The third-order valence-electron chi connectivity index (χ3n) is 3.42. The zero-order valence-corrected chi connectivity index (χ0v) is 16.1. The quantitative estimate of drug-likeness (QED) is 0.599. The molecule has 2 aromatic carbocycles. The third-order valence-corrected chi connectivity index (χ3v) is 4.60. The van der Waals surface area contributed by atoms with Gasteiger partial charge in [-0.15, -0.1) is 0 Å². The van der Waals surface area contributed by atoms with Gasteiger partial charge in [-0.1, -0.05) is 37.3 Å². The predicted octanol–water partition coefficient (Wildman–Crippen LogP) is 5.85. The van der Waals surface area contributed by atoms with Crippen LogP contribution in [0.2, 0.25) is 0 Å². The Morgan fingerprint density at radius 3 is 2.32 bits per heavy atom. The van der Waals surface area contributed by atoms with Gasteiger partial charge in [-0.25, -0.2) is 0 Å². The molecule has 1 N–H and O–H groups in total. The molecule has 22 heavy (non-hydrogen) atoms. The van der Waals surface area contributed by atoms with Crippen molar-refractivity contribution in [2.24, 2.45) is 0 Å². The first kappa shape index (κ1) is 17.5. The minimum Gasteiger partial charge on any atom is -0.491 e. The minimum absolute atomic E-state index is 0.315. The Kier molecular flexibility index (Phi) is 6.93. The second-order valence-electron chi connectivity index (χ2n) is 5.25. The maximum absolute atomic E-state index is 5.75. The Bertz CT molecular complexity index is 578. The van der Waals surface area contributed by atoms with Gasteiger partial charge in [0.1, 0.15) is 5.75 Å². The molecule has 2 aromatic rings. The molecule has 0 unspecified atom stereocenters. The normalized spacial score (nSPS) is 12.2. The van der Waals surface area contributed by atoms with E-state index in [0.717, 1.165) is 34.3 Å². The van der Waals surface area contributed by atoms with Gasteiger partial charge in [0.25, 0.3) is 0 Å². The second-order valence-corrected chi connectivity index (χ2v) is 6.96. The van der Waals surface area contributed by atoms with Gasteiger partial charge in [-0.2, -0.15) is 0 Å². The van der Waals surface area contributed by atoms with Crippen LogP contribution in [0.4, 0.5) is 0 Å². The zero-order valence-electron chi connectivity index (χ0n) is 12.9. The van der Waals surface area contributed by atoms with Gasteiger partial charge in [-0.05, 0) is 68.5 Å². The smallest absolute Gasteiger partial charge is 0.147 e. The predicted molar refractivity (Wildman–Crippen MR) is 99.3 cm³/mol. The molecule has 4 heteroatoms. The summed E-state index contributed by atoms with van der Waals surface area (Å²) in [6.07, 6.45) is 0.997. The fourth-order valence-electron chi connectivity index (χ4n) is 2.19. The lowest BCUT2D eigenvalue weighted by atomic mass is 10.1. The number of benzene rings is 2. The van der Waals surface area contributed by atoms with Crippen molar-refractivity contribution in [3.63, 3.8) is 0 Å². The average Bonchev–Trinajstić information content (AvgIpc) is 2.52. The van der Waals surface area contributed by atoms with Crippen molar-refractivity contribution in [1.29, 1.82) is 0 Å². The van der Waals surface area contributed by atoms with Crippen molar-refractivity contribution < 1.29 is 4.74 Å². The molecule has 0 aromatic heterocycles. The number of nitrogens with one attached hydrogen (secondary N) is 1. The molecule has 0 bridgehead atoms. The summed E-state index contributed by atoms with van der Waals surface area (Å²) in [5.74, 6) is 0.877. The van der Waals surface area contributed by atoms with Gasteiger partial charge in [0.05, 0.1) is 15.6 Å². The highest BCUT2D eigenvalue weighted by Crippen LogP contribution is 2.35. The van der Waals surface area contributed by atoms with Gasteiger partial charge in [0.2, 0.25) is 0 Å². The summed E-state index contributed by atoms with van der Waals surface area (Å²) in [5, 5.41) is 3.55. The summed E-state index contributed by atoms with van der Waals surface area (Å²) < 4.78 is 7.72.